The average molecular weight is 259 g/mol. The van der Waals surface area contributed by atoms with E-state index in [9.17, 15) is 20.0 Å². The number of rotatable bonds is 3. The molecule has 1 aromatic carbocycles. The highest BCUT2D eigenvalue weighted by Crippen LogP contribution is 2.54. The van der Waals surface area contributed by atoms with Crippen LogP contribution < -0.4 is 0 Å². The zero-order valence-corrected chi connectivity index (χ0v) is 10.1. The van der Waals surface area contributed by atoms with Gasteiger partial charge in [-0.3, -0.25) is 14.9 Å². The van der Waals surface area contributed by atoms with Gasteiger partial charge in [0.05, 0.1) is 10.8 Å². The van der Waals surface area contributed by atoms with Crippen molar-refractivity contribution in [3.63, 3.8) is 0 Å². The van der Waals surface area contributed by atoms with Crippen LogP contribution in [0.1, 0.15) is 17.9 Å². The number of allylic oxidation sites excluding steroid dienone is 2. The molecule has 5 heteroatoms. The first-order chi connectivity index (χ1) is 9.09. The predicted octanol–water partition coefficient (Wildman–Crippen LogP) is 2.59. The van der Waals surface area contributed by atoms with Crippen molar-refractivity contribution < 1.29 is 14.8 Å². The molecule has 2 aliphatic rings. The summed E-state index contributed by atoms with van der Waals surface area (Å²) in [6.45, 7) is 0. The predicted molar refractivity (Wildman–Crippen MR) is 67.7 cm³/mol. The number of hydrogen-bond acceptors (Lipinski definition) is 3. The third-order valence-electron chi connectivity index (χ3n) is 4.24. The molecule has 98 valence electrons. The highest BCUT2D eigenvalue weighted by atomic mass is 16.6. The Balaban J connectivity index is 2.09. The summed E-state index contributed by atoms with van der Waals surface area (Å²) >= 11 is 0. The summed E-state index contributed by atoms with van der Waals surface area (Å²) in [4.78, 5) is 22.1. The van der Waals surface area contributed by atoms with Gasteiger partial charge in [0.15, 0.2) is 0 Å². The number of benzene rings is 1. The van der Waals surface area contributed by atoms with E-state index in [1.54, 1.807) is 18.2 Å². The number of carboxylic acid groups (broad SMARTS) is 1. The third-order valence-corrected chi connectivity index (χ3v) is 4.24. The Morgan fingerprint density at radius 3 is 2.63 bits per heavy atom. The second kappa shape index (κ2) is 4.19. The van der Waals surface area contributed by atoms with Crippen LogP contribution in [0, 0.1) is 27.9 Å². The lowest BCUT2D eigenvalue weighted by Gasteiger charge is -2.24. The quantitative estimate of drug-likeness (QED) is 0.514. The summed E-state index contributed by atoms with van der Waals surface area (Å²) in [5.41, 5.74) is 0.580. The Hall–Kier alpha value is -2.17. The minimum absolute atomic E-state index is 0.00677. The molecule has 2 aliphatic carbocycles. The highest BCUT2D eigenvalue weighted by molar-refractivity contribution is 5.74. The van der Waals surface area contributed by atoms with Gasteiger partial charge in [-0.05, 0) is 18.3 Å². The molecule has 4 atom stereocenters. The number of aliphatic carboxylic acids is 1. The fraction of sp³-hybridized carbons (Fsp3) is 0.357. The Morgan fingerprint density at radius 2 is 1.95 bits per heavy atom. The summed E-state index contributed by atoms with van der Waals surface area (Å²) < 4.78 is 0. The molecule has 1 fully saturated rings. The lowest BCUT2D eigenvalue weighted by molar-refractivity contribution is -0.385. The number of nitro groups is 1. The van der Waals surface area contributed by atoms with Crippen molar-refractivity contribution in [1.82, 2.24) is 0 Å². The first kappa shape index (κ1) is 11.9. The Labute approximate surface area is 109 Å². The lowest BCUT2D eigenvalue weighted by atomic mass is 9.78. The van der Waals surface area contributed by atoms with Crippen molar-refractivity contribution in [3.05, 3.63) is 52.1 Å². The van der Waals surface area contributed by atoms with Gasteiger partial charge in [-0.2, -0.15) is 0 Å². The summed E-state index contributed by atoms with van der Waals surface area (Å²) in [7, 11) is 0. The van der Waals surface area contributed by atoms with E-state index in [0.717, 1.165) is 6.42 Å². The average Bonchev–Trinajstić information content (AvgIpc) is 2.98. The van der Waals surface area contributed by atoms with Crippen LogP contribution in [-0.2, 0) is 4.79 Å². The van der Waals surface area contributed by atoms with Crippen molar-refractivity contribution in [2.24, 2.45) is 17.8 Å². The van der Waals surface area contributed by atoms with Crippen LogP contribution in [0.5, 0.6) is 0 Å². The normalized spacial score (nSPS) is 31.6. The van der Waals surface area contributed by atoms with Gasteiger partial charge in [0.25, 0.3) is 5.69 Å². The van der Waals surface area contributed by atoms with Crippen molar-refractivity contribution in [1.29, 1.82) is 0 Å². The monoisotopic (exact) mass is 259 g/mol. The van der Waals surface area contributed by atoms with E-state index in [4.69, 9.17) is 0 Å². The molecule has 0 spiro atoms. The maximum atomic E-state index is 11.5. The fourth-order valence-corrected chi connectivity index (χ4v) is 3.52. The van der Waals surface area contributed by atoms with Gasteiger partial charge in [-0.1, -0.05) is 30.4 Å². The summed E-state index contributed by atoms with van der Waals surface area (Å²) in [6, 6.07) is 6.48. The van der Waals surface area contributed by atoms with Crippen molar-refractivity contribution in [2.45, 2.75) is 12.3 Å². The van der Waals surface area contributed by atoms with E-state index >= 15 is 0 Å². The molecule has 3 rings (SSSR count). The first-order valence-electron chi connectivity index (χ1n) is 6.24. The molecule has 0 aliphatic heterocycles. The van der Waals surface area contributed by atoms with Crippen molar-refractivity contribution in [2.75, 3.05) is 0 Å². The van der Waals surface area contributed by atoms with Crippen LogP contribution in [0.15, 0.2) is 36.4 Å². The van der Waals surface area contributed by atoms with E-state index in [-0.39, 0.29) is 23.4 Å². The Morgan fingerprint density at radius 1 is 1.26 bits per heavy atom. The maximum Gasteiger partial charge on any atom is 0.307 e. The smallest absolute Gasteiger partial charge is 0.307 e. The minimum atomic E-state index is -0.861. The number of hydrogen-bond donors (Lipinski definition) is 1. The molecule has 5 nitrogen and oxygen atoms in total. The zero-order valence-electron chi connectivity index (χ0n) is 10.1. The summed E-state index contributed by atoms with van der Waals surface area (Å²) in [6.07, 6.45) is 4.73. The Kier molecular flexibility index (Phi) is 2.62. The molecule has 0 radical (unpaired) electrons. The van der Waals surface area contributed by atoms with E-state index in [2.05, 4.69) is 0 Å². The molecular weight excluding hydrogens is 246 g/mol. The van der Waals surface area contributed by atoms with Gasteiger partial charge in [-0.15, -0.1) is 0 Å². The summed E-state index contributed by atoms with van der Waals surface area (Å²) in [5.74, 6) is -1.58. The SMILES string of the molecule is O=C(O)C1C2C=CC(C2)C1c1ccccc1[N+](=O)[O-]. The van der Waals surface area contributed by atoms with E-state index in [1.165, 1.54) is 6.07 Å². The molecule has 1 saturated carbocycles. The molecule has 0 amide bonds. The standard InChI is InChI=1S/C14H13NO4/c16-14(17)13-9-6-5-8(7-9)12(13)10-3-1-2-4-11(10)15(18)19/h1-6,8-9,12-13H,7H2,(H,16,17). The van der Waals surface area contributed by atoms with Gasteiger partial charge in [-0.25, -0.2) is 0 Å². The maximum absolute atomic E-state index is 11.5. The van der Waals surface area contributed by atoms with Crippen LogP contribution in [0.2, 0.25) is 0 Å². The number of nitro benzene ring substituents is 1. The number of carboxylic acids is 1. The van der Waals surface area contributed by atoms with Gasteiger partial charge >= 0.3 is 5.97 Å². The molecule has 2 bridgehead atoms. The third kappa shape index (κ3) is 1.73. The van der Waals surface area contributed by atoms with E-state index < -0.39 is 16.8 Å². The van der Waals surface area contributed by atoms with Gasteiger partial charge in [0, 0.05) is 17.5 Å². The molecule has 0 heterocycles. The number of carbonyl (C=O) groups is 1. The molecule has 19 heavy (non-hydrogen) atoms. The number of fused-ring (bicyclic) bond motifs is 2. The topological polar surface area (TPSA) is 80.4 Å². The molecule has 1 aromatic rings. The van der Waals surface area contributed by atoms with Gasteiger partial charge in [0.2, 0.25) is 0 Å². The molecule has 0 aromatic heterocycles. The number of para-hydroxylation sites is 1. The molecule has 1 N–H and O–H groups in total. The van der Waals surface area contributed by atoms with E-state index in [0.29, 0.717) is 5.56 Å². The number of nitrogens with zero attached hydrogens (tertiary/aromatic N) is 1. The summed E-state index contributed by atoms with van der Waals surface area (Å²) in [5, 5.41) is 20.5. The van der Waals surface area contributed by atoms with Crippen LogP contribution >= 0.6 is 0 Å². The molecule has 0 saturated heterocycles. The van der Waals surface area contributed by atoms with Crippen LogP contribution in [-0.4, -0.2) is 16.0 Å². The highest BCUT2D eigenvalue weighted by Gasteiger charge is 2.50. The fourth-order valence-electron chi connectivity index (χ4n) is 3.52. The van der Waals surface area contributed by atoms with Crippen molar-refractivity contribution >= 4 is 11.7 Å². The van der Waals surface area contributed by atoms with Crippen LogP contribution in [0.25, 0.3) is 0 Å². The second-order valence-corrected chi connectivity index (χ2v) is 5.15. The second-order valence-electron chi connectivity index (χ2n) is 5.15. The first-order valence-corrected chi connectivity index (χ1v) is 6.24. The van der Waals surface area contributed by atoms with Gasteiger partial charge < -0.3 is 5.11 Å². The van der Waals surface area contributed by atoms with Crippen molar-refractivity contribution in [3.8, 4) is 0 Å². The van der Waals surface area contributed by atoms with Crippen LogP contribution in [0.4, 0.5) is 5.69 Å². The minimum Gasteiger partial charge on any atom is -0.481 e. The van der Waals surface area contributed by atoms with E-state index in [1.807, 2.05) is 12.2 Å². The molecule has 4 unspecified atom stereocenters. The lowest BCUT2D eigenvalue weighted by Crippen LogP contribution is -2.26. The van der Waals surface area contributed by atoms with Gasteiger partial charge in [0.1, 0.15) is 0 Å². The zero-order chi connectivity index (χ0) is 13.6. The largest absolute Gasteiger partial charge is 0.481 e. The Bertz CT molecular complexity index is 581. The molecular formula is C14H13NO4. The van der Waals surface area contributed by atoms with Crippen LogP contribution in [0.3, 0.4) is 0 Å².